The van der Waals surface area contributed by atoms with Crippen LogP contribution in [0.15, 0.2) is 65.2 Å². The summed E-state index contributed by atoms with van der Waals surface area (Å²) in [6.45, 7) is 0.505. The first-order chi connectivity index (χ1) is 13.6. The number of benzene rings is 2. The second kappa shape index (κ2) is 7.86. The maximum absolute atomic E-state index is 12.9. The van der Waals surface area contributed by atoms with Crippen LogP contribution in [0, 0.1) is 0 Å². The number of nitrogens with zero attached hydrogens (tertiary/aromatic N) is 2. The SMILES string of the molecule is O=C(Nc1ccc(Cl)cc1)[C@H]1CCCN1C(=O)c1cc(-c2ccccc2)on1. The Hall–Kier alpha value is -3.12. The van der Waals surface area contributed by atoms with Gasteiger partial charge in [-0.15, -0.1) is 0 Å². The molecule has 28 heavy (non-hydrogen) atoms. The van der Waals surface area contributed by atoms with Crippen molar-refractivity contribution in [3.63, 3.8) is 0 Å². The Morgan fingerprint density at radius 3 is 2.61 bits per heavy atom. The number of rotatable bonds is 4. The Kier molecular flexibility index (Phi) is 5.12. The highest BCUT2D eigenvalue weighted by Crippen LogP contribution is 2.25. The molecule has 2 heterocycles. The van der Waals surface area contributed by atoms with Crippen LogP contribution in [0.2, 0.25) is 5.02 Å². The van der Waals surface area contributed by atoms with E-state index in [1.165, 1.54) is 0 Å². The molecule has 1 aliphatic heterocycles. The number of hydrogen-bond acceptors (Lipinski definition) is 4. The molecule has 1 aromatic heterocycles. The standard InChI is InChI=1S/C21H18ClN3O3/c22-15-8-10-16(11-9-15)23-20(26)18-7-4-12-25(18)21(27)17-13-19(28-24-17)14-5-2-1-3-6-14/h1-3,5-6,8-11,13,18H,4,7,12H2,(H,23,26)/t18-/m1/s1. The van der Waals surface area contributed by atoms with E-state index in [9.17, 15) is 9.59 Å². The smallest absolute Gasteiger partial charge is 0.276 e. The monoisotopic (exact) mass is 395 g/mol. The van der Waals surface area contributed by atoms with E-state index in [0.29, 0.717) is 29.4 Å². The van der Waals surface area contributed by atoms with Gasteiger partial charge in [-0.25, -0.2) is 0 Å². The first-order valence-electron chi connectivity index (χ1n) is 9.01. The molecule has 1 atom stereocenters. The Balaban J connectivity index is 1.48. The molecule has 4 rings (SSSR count). The Labute approximate surface area is 167 Å². The molecule has 2 amide bonds. The normalized spacial score (nSPS) is 16.2. The molecular weight excluding hydrogens is 378 g/mol. The molecule has 0 spiro atoms. The van der Waals surface area contributed by atoms with Crippen molar-refractivity contribution >= 4 is 29.1 Å². The fourth-order valence-electron chi connectivity index (χ4n) is 3.30. The Morgan fingerprint density at radius 1 is 1.11 bits per heavy atom. The van der Waals surface area contributed by atoms with Gasteiger partial charge in [-0.05, 0) is 37.1 Å². The first-order valence-corrected chi connectivity index (χ1v) is 9.39. The molecule has 1 saturated heterocycles. The highest BCUT2D eigenvalue weighted by atomic mass is 35.5. The lowest BCUT2D eigenvalue weighted by Gasteiger charge is -2.23. The van der Waals surface area contributed by atoms with Crippen LogP contribution in [0.25, 0.3) is 11.3 Å². The van der Waals surface area contributed by atoms with Gasteiger partial charge in [0, 0.05) is 28.9 Å². The van der Waals surface area contributed by atoms with Crippen LogP contribution in [0.1, 0.15) is 23.3 Å². The lowest BCUT2D eigenvalue weighted by Crippen LogP contribution is -2.43. The molecule has 0 aliphatic carbocycles. The summed E-state index contributed by atoms with van der Waals surface area (Å²) in [6.07, 6.45) is 1.36. The average molecular weight is 396 g/mol. The van der Waals surface area contributed by atoms with Crippen LogP contribution in [-0.4, -0.2) is 34.5 Å². The fourth-order valence-corrected chi connectivity index (χ4v) is 3.43. The minimum atomic E-state index is -0.542. The van der Waals surface area contributed by atoms with Crippen LogP contribution in [0.5, 0.6) is 0 Å². The number of aromatic nitrogens is 1. The number of halogens is 1. The van der Waals surface area contributed by atoms with Crippen LogP contribution >= 0.6 is 11.6 Å². The second-order valence-electron chi connectivity index (χ2n) is 6.60. The summed E-state index contributed by atoms with van der Waals surface area (Å²) in [4.78, 5) is 27.2. The van der Waals surface area contributed by atoms with Gasteiger partial charge in [-0.1, -0.05) is 47.1 Å². The molecule has 7 heteroatoms. The summed E-state index contributed by atoms with van der Waals surface area (Å²) in [7, 11) is 0. The largest absolute Gasteiger partial charge is 0.355 e. The van der Waals surface area contributed by atoms with Crippen molar-refractivity contribution in [1.82, 2.24) is 10.1 Å². The first kappa shape index (κ1) is 18.3. The highest BCUT2D eigenvalue weighted by molar-refractivity contribution is 6.30. The molecule has 0 unspecified atom stereocenters. The third-order valence-electron chi connectivity index (χ3n) is 4.72. The molecule has 1 fully saturated rings. The predicted molar refractivity (Wildman–Crippen MR) is 106 cm³/mol. The second-order valence-corrected chi connectivity index (χ2v) is 7.03. The predicted octanol–water partition coefficient (Wildman–Crippen LogP) is 4.24. The van der Waals surface area contributed by atoms with E-state index in [0.717, 1.165) is 12.0 Å². The highest BCUT2D eigenvalue weighted by Gasteiger charge is 2.35. The van der Waals surface area contributed by atoms with Gasteiger partial charge in [0.2, 0.25) is 5.91 Å². The van der Waals surface area contributed by atoms with Crippen molar-refractivity contribution in [1.29, 1.82) is 0 Å². The van der Waals surface area contributed by atoms with E-state index in [1.807, 2.05) is 30.3 Å². The molecule has 6 nitrogen and oxygen atoms in total. The molecule has 0 bridgehead atoms. The van der Waals surface area contributed by atoms with Crippen molar-refractivity contribution < 1.29 is 14.1 Å². The van der Waals surface area contributed by atoms with E-state index in [2.05, 4.69) is 10.5 Å². The molecule has 3 aromatic rings. The number of hydrogen-bond donors (Lipinski definition) is 1. The van der Waals surface area contributed by atoms with E-state index < -0.39 is 6.04 Å². The number of carbonyl (C=O) groups is 2. The van der Waals surface area contributed by atoms with E-state index in [-0.39, 0.29) is 17.5 Å². The maximum atomic E-state index is 12.9. The van der Waals surface area contributed by atoms with Gasteiger partial charge in [0.05, 0.1) is 0 Å². The minimum Gasteiger partial charge on any atom is -0.355 e. The van der Waals surface area contributed by atoms with Crippen LogP contribution < -0.4 is 5.32 Å². The van der Waals surface area contributed by atoms with Crippen LogP contribution in [0.4, 0.5) is 5.69 Å². The Bertz CT molecular complexity index is 986. The van der Waals surface area contributed by atoms with Crippen molar-refractivity contribution in [3.8, 4) is 11.3 Å². The van der Waals surface area contributed by atoms with Gasteiger partial charge in [0.25, 0.3) is 5.91 Å². The third-order valence-corrected chi connectivity index (χ3v) is 4.97. The van der Waals surface area contributed by atoms with E-state index in [4.69, 9.17) is 16.1 Å². The van der Waals surface area contributed by atoms with Crippen molar-refractivity contribution in [2.75, 3.05) is 11.9 Å². The summed E-state index contributed by atoms with van der Waals surface area (Å²) < 4.78 is 5.32. The molecule has 142 valence electrons. The number of nitrogens with one attached hydrogen (secondary N) is 1. The topological polar surface area (TPSA) is 75.4 Å². The third kappa shape index (κ3) is 3.77. The summed E-state index contributed by atoms with van der Waals surface area (Å²) in [5.74, 6) is -0.00931. The fraction of sp³-hybridized carbons (Fsp3) is 0.190. The summed E-state index contributed by atoms with van der Waals surface area (Å²) in [6, 6.07) is 17.4. The summed E-state index contributed by atoms with van der Waals surface area (Å²) in [5, 5.41) is 7.35. The van der Waals surface area contributed by atoms with Gasteiger partial charge < -0.3 is 14.7 Å². The van der Waals surface area contributed by atoms with E-state index in [1.54, 1.807) is 35.2 Å². The van der Waals surface area contributed by atoms with Gasteiger partial charge in [-0.2, -0.15) is 0 Å². The minimum absolute atomic E-state index is 0.199. The quantitative estimate of drug-likeness (QED) is 0.717. The number of likely N-dealkylation sites (tertiary alicyclic amines) is 1. The molecule has 1 N–H and O–H groups in total. The van der Waals surface area contributed by atoms with Gasteiger partial charge in [0.1, 0.15) is 6.04 Å². The average Bonchev–Trinajstić information content (AvgIpc) is 3.40. The summed E-state index contributed by atoms with van der Waals surface area (Å²) in [5.41, 5.74) is 1.68. The molecule has 0 saturated carbocycles. The summed E-state index contributed by atoms with van der Waals surface area (Å²) >= 11 is 5.87. The number of amides is 2. The van der Waals surface area contributed by atoms with Gasteiger partial charge >= 0.3 is 0 Å². The zero-order valence-electron chi connectivity index (χ0n) is 15.0. The molecule has 2 aromatic carbocycles. The molecule has 0 radical (unpaired) electrons. The lowest BCUT2D eigenvalue weighted by atomic mass is 10.1. The molecular formula is C21H18ClN3O3. The molecule has 1 aliphatic rings. The van der Waals surface area contributed by atoms with Crippen LogP contribution in [-0.2, 0) is 4.79 Å². The van der Waals surface area contributed by atoms with Crippen molar-refractivity contribution in [3.05, 3.63) is 71.4 Å². The van der Waals surface area contributed by atoms with E-state index >= 15 is 0 Å². The zero-order valence-corrected chi connectivity index (χ0v) is 15.7. The van der Waals surface area contributed by atoms with Gasteiger partial charge in [0.15, 0.2) is 11.5 Å². The van der Waals surface area contributed by atoms with Gasteiger partial charge in [-0.3, -0.25) is 9.59 Å². The zero-order chi connectivity index (χ0) is 19.5. The number of carbonyl (C=O) groups excluding carboxylic acids is 2. The Morgan fingerprint density at radius 2 is 1.86 bits per heavy atom. The number of anilines is 1. The maximum Gasteiger partial charge on any atom is 0.276 e. The lowest BCUT2D eigenvalue weighted by molar-refractivity contribution is -0.119. The van der Waals surface area contributed by atoms with Crippen LogP contribution in [0.3, 0.4) is 0 Å². The van der Waals surface area contributed by atoms with Crippen molar-refractivity contribution in [2.24, 2.45) is 0 Å². The van der Waals surface area contributed by atoms with Crippen molar-refractivity contribution in [2.45, 2.75) is 18.9 Å².